The number of aromatic hydroxyl groups is 1. The summed E-state index contributed by atoms with van der Waals surface area (Å²) in [5.74, 6) is 5.62. The number of nitrogens with two attached hydrogens (primary N) is 1. The zero-order valence-corrected chi connectivity index (χ0v) is 7.12. The van der Waals surface area contributed by atoms with E-state index in [0.29, 0.717) is 5.75 Å². The van der Waals surface area contributed by atoms with Gasteiger partial charge in [0.1, 0.15) is 5.75 Å². The van der Waals surface area contributed by atoms with Crippen LogP contribution < -0.4 is 11.3 Å². The van der Waals surface area contributed by atoms with Gasteiger partial charge in [0.25, 0.3) is 0 Å². The fourth-order valence-electron chi connectivity index (χ4n) is 1.21. The minimum Gasteiger partial charge on any atom is -0.508 e. The number of phenolic OH excluding ortho intramolecular Hbond substituents is 1. The molecule has 1 aromatic carbocycles. The van der Waals surface area contributed by atoms with E-state index < -0.39 is 0 Å². The number of hydrogen-bond donors (Lipinski definition) is 3. The Bertz CT molecular complexity index is 246. The third kappa shape index (κ3) is 1.75. The van der Waals surface area contributed by atoms with Crippen LogP contribution in [0.4, 0.5) is 0 Å². The molecule has 0 aromatic heterocycles. The molecule has 1 aromatic rings. The van der Waals surface area contributed by atoms with Gasteiger partial charge < -0.3 is 5.11 Å². The predicted octanol–water partition coefficient (Wildman–Crippen LogP) is 1.31. The fourth-order valence-corrected chi connectivity index (χ4v) is 1.21. The Morgan fingerprint density at radius 1 is 1.50 bits per heavy atom. The average Bonchev–Trinajstić information content (AvgIpc) is 2.10. The molecule has 0 aliphatic carbocycles. The van der Waals surface area contributed by atoms with E-state index in [4.69, 9.17) is 5.84 Å². The molecule has 0 heterocycles. The normalized spacial score (nSPS) is 12.8. The van der Waals surface area contributed by atoms with Gasteiger partial charge in [-0.15, -0.1) is 0 Å². The van der Waals surface area contributed by atoms with Gasteiger partial charge in [-0.3, -0.25) is 11.3 Å². The maximum absolute atomic E-state index is 9.45. The second-order valence-corrected chi connectivity index (χ2v) is 2.69. The van der Waals surface area contributed by atoms with E-state index in [1.54, 1.807) is 12.1 Å². The number of para-hydroxylation sites is 1. The Morgan fingerprint density at radius 3 is 2.67 bits per heavy atom. The SMILES string of the molecule is CCC(NN)c1ccccc1O. The average molecular weight is 166 g/mol. The van der Waals surface area contributed by atoms with Gasteiger partial charge in [-0.2, -0.15) is 0 Å². The van der Waals surface area contributed by atoms with Crippen molar-refractivity contribution in [2.75, 3.05) is 0 Å². The van der Waals surface area contributed by atoms with Crippen LogP contribution in [0.3, 0.4) is 0 Å². The minimum absolute atomic E-state index is 0.0335. The first kappa shape index (κ1) is 9.03. The third-order valence-electron chi connectivity index (χ3n) is 1.92. The minimum atomic E-state index is 0.0335. The molecule has 0 fully saturated rings. The van der Waals surface area contributed by atoms with Crippen molar-refractivity contribution in [2.45, 2.75) is 19.4 Å². The molecule has 0 saturated carbocycles. The molecule has 12 heavy (non-hydrogen) atoms. The van der Waals surface area contributed by atoms with Gasteiger partial charge in [0.05, 0.1) is 0 Å². The van der Waals surface area contributed by atoms with Gasteiger partial charge in [0.15, 0.2) is 0 Å². The standard InChI is InChI=1S/C9H14N2O/c1-2-8(11-10)7-5-3-4-6-9(7)12/h3-6,8,11-12H,2,10H2,1H3. The summed E-state index contributed by atoms with van der Waals surface area (Å²) in [6.07, 6.45) is 0.855. The molecule has 0 saturated heterocycles. The Balaban J connectivity index is 2.92. The van der Waals surface area contributed by atoms with Gasteiger partial charge in [-0.1, -0.05) is 25.1 Å². The summed E-state index contributed by atoms with van der Waals surface area (Å²) >= 11 is 0. The van der Waals surface area contributed by atoms with E-state index in [9.17, 15) is 5.11 Å². The maximum atomic E-state index is 9.45. The number of rotatable bonds is 3. The molecule has 4 N–H and O–H groups in total. The summed E-state index contributed by atoms with van der Waals surface area (Å²) in [5, 5.41) is 9.45. The van der Waals surface area contributed by atoms with E-state index in [1.807, 2.05) is 19.1 Å². The van der Waals surface area contributed by atoms with Crippen molar-refractivity contribution in [3.63, 3.8) is 0 Å². The van der Waals surface area contributed by atoms with Gasteiger partial charge >= 0.3 is 0 Å². The Hall–Kier alpha value is -1.06. The van der Waals surface area contributed by atoms with Crippen molar-refractivity contribution in [1.29, 1.82) is 0 Å². The predicted molar refractivity (Wildman–Crippen MR) is 48.5 cm³/mol. The highest BCUT2D eigenvalue weighted by molar-refractivity contribution is 5.34. The van der Waals surface area contributed by atoms with E-state index in [1.165, 1.54) is 0 Å². The van der Waals surface area contributed by atoms with Crippen LogP contribution in [-0.2, 0) is 0 Å². The smallest absolute Gasteiger partial charge is 0.120 e. The van der Waals surface area contributed by atoms with Crippen molar-refractivity contribution in [2.24, 2.45) is 5.84 Å². The van der Waals surface area contributed by atoms with E-state index in [0.717, 1.165) is 12.0 Å². The van der Waals surface area contributed by atoms with Gasteiger partial charge in [0, 0.05) is 11.6 Å². The highest BCUT2D eigenvalue weighted by atomic mass is 16.3. The lowest BCUT2D eigenvalue weighted by atomic mass is 10.0. The summed E-state index contributed by atoms with van der Waals surface area (Å²) in [4.78, 5) is 0. The largest absolute Gasteiger partial charge is 0.508 e. The molecular weight excluding hydrogens is 152 g/mol. The molecule has 1 atom stereocenters. The monoisotopic (exact) mass is 166 g/mol. The maximum Gasteiger partial charge on any atom is 0.120 e. The quantitative estimate of drug-likeness (QED) is 0.468. The van der Waals surface area contributed by atoms with Crippen molar-refractivity contribution in [3.8, 4) is 5.75 Å². The van der Waals surface area contributed by atoms with Crippen LogP contribution in [0.2, 0.25) is 0 Å². The van der Waals surface area contributed by atoms with Gasteiger partial charge in [-0.25, -0.2) is 0 Å². The van der Waals surface area contributed by atoms with Crippen LogP contribution in [0.25, 0.3) is 0 Å². The van der Waals surface area contributed by atoms with Crippen LogP contribution in [-0.4, -0.2) is 5.11 Å². The van der Waals surface area contributed by atoms with Crippen molar-refractivity contribution in [3.05, 3.63) is 29.8 Å². The first-order valence-electron chi connectivity index (χ1n) is 4.03. The first-order chi connectivity index (χ1) is 5.79. The second kappa shape index (κ2) is 4.09. The number of nitrogens with one attached hydrogen (secondary N) is 1. The Labute approximate surface area is 72.2 Å². The molecule has 3 nitrogen and oxygen atoms in total. The first-order valence-corrected chi connectivity index (χ1v) is 4.03. The second-order valence-electron chi connectivity index (χ2n) is 2.69. The Kier molecular flexibility index (Phi) is 3.08. The molecule has 0 radical (unpaired) electrons. The van der Waals surface area contributed by atoms with Crippen LogP contribution in [0.5, 0.6) is 5.75 Å². The van der Waals surface area contributed by atoms with Crippen molar-refractivity contribution < 1.29 is 5.11 Å². The van der Waals surface area contributed by atoms with E-state index >= 15 is 0 Å². The number of hydrazine groups is 1. The van der Waals surface area contributed by atoms with E-state index in [-0.39, 0.29) is 6.04 Å². The van der Waals surface area contributed by atoms with Gasteiger partial charge in [0.2, 0.25) is 0 Å². The highest BCUT2D eigenvalue weighted by Crippen LogP contribution is 2.24. The summed E-state index contributed by atoms with van der Waals surface area (Å²) in [7, 11) is 0. The summed E-state index contributed by atoms with van der Waals surface area (Å²) in [6, 6.07) is 7.24. The van der Waals surface area contributed by atoms with E-state index in [2.05, 4.69) is 5.43 Å². The number of benzene rings is 1. The van der Waals surface area contributed by atoms with Crippen LogP contribution >= 0.6 is 0 Å². The summed E-state index contributed by atoms with van der Waals surface area (Å²) in [6.45, 7) is 2.01. The lowest BCUT2D eigenvalue weighted by Crippen LogP contribution is -2.27. The highest BCUT2D eigenvalue weighted by Gasteiger charge is 2.09. The molecule has 0 aliphatic heterocycles. The topological polar surface area (TPSA) is 58.3 Å². The number of hydrogen-bond acceptors (Lipinski definition) is 3. The zero-order valence-electron chi connectivity index (χ0n) is 7.12. The van der Waals surface area contributed by atoms with Crippen molar-refractivity contribution in [1.82, 2.24) is 5.43 Å². The van der Waals surface area contributed by atoms with Crippen LogP contribution in [0, 0.1) is 0 Å². The van der Waals surface area contributed by atoms with Crippen LogP contribution in [0.1, 0.15) is 24.9 Å². The lowest BCUT2D eigenvalue weighted by Gasteiger charge is -2.14. The molecule has 0 amide bonds. The Morgan fingerprint density at radius 2 is 2.17 bits per heavy atom. The third-order valence-corrected chi connectivity index (χ3v) is 1.92. The van der Waals surface area contributed by atoms with Crippen molar-refractivity contribution >= 4 is 0 Å². The lowest BCUT2D eigenvalue weighted by molar-refractivity contribution is 0.444. The fraction of sp³-hybridized carbons (Fsp3) is 0.333. The molecule has 0 bridgehead atoms. The molecule has 66 valence electrons. The summed E-state index contributed by atoms with van der Waals surface area (Å²) in [5.41, 5.74) is 3.50. The van der Waals surface area contributed by atoms with Gasteiger partial charge in [-0.05, 0) is 12.5 Å². The molecular formula is C9H14N2O. The molecule has 1 rings (SSSR count). The number of phenols is 1. The van der Waals surface area contributed by atoms with Crippen LogP contribution in [0.15, 0.2) is 24.3 Å². The molecule has 3 heteroatoms. The zero-order chi connectivity index (χ0) is 8.97. The summed E-state index contributed by atoms with van der Waals surface area (Å²) < 4.78 is 0. The molecule has 0 spiro atoms. The molecule has 1 unspecified atom stereocenters. The molecule has 0 aliphatic rings.